The molecule has 0 radical (unpaired) electrons. The standard InChI is InChI=1S/C25H24N4O3/c1-16(25(31)29-9-3-8-26)10-22-21(12-17-4-2-5-18(11-17)14-27)24(30)20-7-6-19(15-28)13-23(20)32-22/h2,4-7,11,13,16H,3,8-10,12,26H2,1H3,(H,29,31). The molecule has 0 bridgehead atoms. The summed E-state index contributed by atoms with van der Waals surface area (Å²) in [6.45, 7) is 2.75. The molecule has 0 spiro atoms. The van der Waals surface area contributed by atoms with Crippen molar-refractivity contribution in [2.45, 2.75) is 26.2 Å². The fourth-order valence-corrected chi connectivity index (χ4v) is 3.50. The molecule has 3 N–H and O–H groups in total. The van der Waals surface area contributed by atoms with Gasteiger partial charge in [0.2, 0.25) is 5.91 Å². The summed E-state index contributed by atoms with van der Waals surface area (Å²) in [7, 11) is 0. The summed E-state index contributed by atoms with van der Waals surface area (Å²) in [6, 6.07) is 15.9. The smallest absolute Gasteiger partial charge is 0.223 e. The number of amides is 1. The van der Waals surface area contributed by atoms with Crippen LogP contribution in [-0.4, -0.2) is 19.0 Å². The van der Waals surface area contributed by atoms with E-state index in [0.717, 1.165) is 5.56 Å². The minimum atomic E-state index is -0.434. The van der Waals surface area contributed by atoms with Crippen molar-refractivity contribution in [3.63, 3.8) is 0 Å². The third-order valence-corrected chi connectivity index (χ3v) is 5.26. The first-order valence-electron chi connectivity index (χ1n) is 10.4. The summed E-state index contributed by atoms with van der Waals surface area (Å²) < 4.78 is 6.08. The zero-order valence-corrected chi connectivity index (χ0v) is 17.9. The number of hydrogen-bond acceptors (Lipinski definition) is 6. The molecule has 32 heavy (non-hydrogen) atoms. The third kappa shape index (κ3) is 5.21. The maximum atomic E-state index is 13.3. The fraction of sp³-hybridized carbons (Fsp3) is 0.280. The van der Waals surface area contributed by atoms with E-state index in [1.54, 1.807) is 37.3 Å². The number of carbonyl (C=O) groups is 1. The van der Waals surface area contributed by atoms with Gasteiger partial charge < -0.3 is 15.5 Å². The van der Waals surface area contributed by atoms with Gasteiger partial charge in [0.15, 0.2) is 5.43 Å². The molecule has 3 aromatic rings. The topological polar surface area (TPSA) is 133 Å². The summed E-state index contributed by atoms with van der Waals surface area (Å²) >= 11 is 0. The number of fused-ring (bicyclic) bond motifs is 1. The van der Waals surface area contributed by atoms with E-state index in [2.05, 4.69) is 11.4 Å². The molecule has 1 atom stereocenters. The van der Waals surface area contributed by atoms with Crippen molar-refractivity contribution in [3.8, 4) is 12.1 Å². The van der Waals surface area contributed by atoms with Gasteiger partial charge in [-0.25, -0.2) is 0 Å². The van der Waals surface area contributed by atoms with Gasteiger partial charge in [0.25, 0.3) is 0 Å². The van der Waals surface area contributed by atoms with Gasteiger partial charge in [-0.1, -0.05) is 19.1 Å². The van der Waals surface area contributed by atoms with Gasteiger partial charge in [0.1, 0.15) is 11.3 Å². The van der Waals surface area contributed by atoms with E-state index in [1.165, 1.54) is 6.07 Å². The number of nitrogens with two attached hydrogens (primary N) is 1. The molecule has 0 saturated heterocycles. The van der Waals surface area contributed by atoms with Crippen molar-refractivity contribution in [3.05, 3.63) is 80.7 Å². The van der Waals surface area contributed by atoms with Gasteiger partial charge >= 0.3 is 0 Å². The summed E-state index contributed by atoms with van der Waals surface area (Å²) in [5, 5.41) is 21.6. The van der Waals surface area contributed by atoms with E-state index in [-0.39, 0.29) is 24.2 Å². The number of benzene rings is 2. The van der Waals surface area contributed by atoms with Crippen molar-refractivity contribution in [1.29, 1.82) is 10.5 Å². The van der Waals surface area contributed by atoms with Gasteiger partial charge in [0.05, 0.1) is 28.7 Å². The number of nitrogens with zero attached hydrogens (tertiary/aromatic N) is 2. The molecule has 2 aromatic carbocycles. The van der Waals surface area contributed by atoms with Crippen molar-refractivity contribution < 1.29 is 9.21 Å². The minimum Gasteiger partial charge on any atom is -0.460 e. The number of rotatable bonds is 8. The van der Waals surface area contributed by atoms with Crippen LogP contribution >= 0.6 is 0 Å². The highest BCUT2D eigenvalue weighted by molar-refractivity contribution is 5.80. The Hall–Kier alpha value is -3.94. The normalized spacial score (nSPS) is 11.5. The second-order valence-electron chi connectivity index (χ2n) is 7.68. The first-order chi connectivity index (χ1) is 15.5. The maximum absolute atomic E-state index is 13.3. The maximum Gasteiger partial charge on any atom is 0.223 e. The van der Waals surface area contributed by atoms with Crippen molar-refractivity contribution in [2.24, 2.45) is 11.7 Å². The van der Waals surface area contributed by atoms with E-state index >= 15 is 0 Å². The van der Waals surface area contributed by atoms with Gasteiger partial charge in [0, 0.05) is 30.9 Å². The summed E-state index contributed by atoms with van der Waals surface area (Å²) in [6.07, 6.45) is 1.18. The number of carbonyl (C=O) groups excluding carboxylic acids is 1. The Bertz CT molecular complexity index is 1280. The largest absolute Gasteiger partial charge is 0.460 e. The second kappa shape index (κ2) is 10.4. The lowest BCUT2D eigenvalue weighted by atomic mass is 9.95. The predicted molar refractivity (Wildman–Crippen MR) is 121 cm³/mol. The first kappa shape index (κ1) is 22.7. The Balaban J connectivity index is 2.04. The van der Waals surface area contributed by atoms with Gasteiger partial charge in [-0.05, 0) is 48.9 Å². The van der Waals surface area contributed by atoms with E-state index in [9.17, 15) is 20.1 Å². The van der Waals surface area contributed by atoms with Crippen molar-refractivity contribution in [1.82, 2.24) is 5.32 Å². The molecule has 3 rings (SSSR count). The van der Waals surface area contributed by atoms with Gasteiger partial charge in [-0.2, -0.15) is 10.5 Å². The molecular weight excluding hydrogens is 404 g/mol. The van der Waals surface area contributed by atoms with Gasteiger partial charge in [-0.15, -0.1) is 0 Å². The Labute approximate surface area is 186 Å². The lowest BCUT2D eigenvalue weighted by Crippen LogP contribution is -2.32. The van der Waals surface area contributed by atoms with E-state index in [4.69, 9.17) is 10.2 Å². The zero-order chi connectivity index (χ0) is 23.1. The highest BCUT2D eigenvalue weighted by Crippen LogP contribution is 2.22. The molecule has 0 aliphatic carbocycles. The monoisotopic (exact) mass is 428 g/mol. The highest BCUT2D eigenvalue weighted by Gasteiger charge is 2.21. The Morgan fingerprint density at radius 2 is 1.91 bits per heavy atom. The summed E-state index contributed by atoms with van der Waals surface area (Å²) in [5.41, 5.74) is 7.71. The third-order valence-electron chi connectivity index (χ3n) is 5.26. The van der Waals surface area contributed by atoms with Crippen molar-refractivity contribution >= 4 is 16.9 Å². The Morgan fingerprint density at radius 1 is 1.16 bits per heavy atom. The molecule has 1 unspecified atom stereocenters. The molecule has 162 valence electrons. The number of nitriles is 2. The number of hydrogen-bond donors (Lipinski definition) is 2. The minimum absolute atomic E-state index is 0.149. The average molecular weight is 428 g/mol. The van der Waals surface area contributed by atoms with Gasteiger partial charge in [-0.3, -0.25) is 9.59 Å². The lowest BCUT2D eigenvalue weighted by Gasteiger charge is -2.15. The number of nitrogens with one attached hydrogen (secondary N) is 1. The summed E-state index contributed by atoms with van der Waals surface area (Å²) in [4.78, 5) is 25.8. The summed E-state index contributed by atoms with van der Waals surface area (Å²) in [5.74, 6) is -0.178. The van der Waals surface area contributed by atoms with Crippen LogP contribution in [0.4, 0.5) is 0 Å². The van der Waals surface area contributed by atoms with E-state index < -0.39 is 5.92 Å². The quantitative estimate of drug-likeness (QED) is 0.530. The van der Waals surface area contributed by atoms with Crippen LogP contribution in [-0.2, 0) is 17.6 Å². The van der Waals surface area contributed by atoms with Crippen LogP contribution in [0, 0.1) is 28.6 Å². The van der Waals surface area contributed by atoms with Crippen LogP contribution in [0.25, 0.3) is 11.0 Å². The molecule has 0 fully saturated rings. The lowest BCUT2D eigenvalue weighted by molar-refractivity contribution is -0.124. The predicted octanol–water partition coefficient (Wildman–Crippen LogP) is 2.77. The van der Waals surface area contributed by atoms with Crippen LogP contribution in [0.1, 0.15) is 41.4 Å². The molecule has 7 nitrogen and oxygen atoms in total. The van der Waals surface area contributed by atoms with Crippen molar-refractivity contribution in [2.75, 3.05) is 13.1 Å². The molecular formula is C25H24N4O3. The van der Waals surface area contributed by atoms with Crippen LogP contribution in [0.15, 0.2) is 51.7 Å². The van der Waals surface area contributed by atoms with Crippen LogP contribution in [0.5, 0.6) is 0 Å². The molecule has 0 aliphatic heterocycles. The molecule has 1 heterocycles. The molecule has 1 aromatic heterocycles. The van der Waals surface area contributed by atoms with Crippen LogP contribution < -0.4 is 16.5 Å². The van der Waals surface area contributed by atoms with E-state index in [0.29, 0.717) is 52.9 Å². The fourth-order valence-electron chi connectivity index (χ4n) is 3.50. The van der Waals surface area contributed by atoms with Crippen LogP contribution in [0.3, 0.4) is 0 Å². The average Bonchev–Trinajstić information content (AvgIpc) is 2.81. The second-order valence-corrected chi connectivity index (χ2v) is 7.68. The molecule has 7 heteroatoms. The molecule has 1 amide bonds. The van der Waals surface area contributed by atoms with Crippen LogP contribution in [0.2, 0.25) is 0 Å². The zero-order valence-electron chi connectivity index (χ0n) is 17.9. The van der Waals surface area contributed by atoms with E-state index in [1.807, 2.05) is 12.1 Å². The SMILES string of the molecule is CC(Cc1oc2cc(C#N)ccc2c(=O)c1Cc1cccc(C#N)c1)C(=O)NCCCN. The highest BCUT2D eigenvalue weighted by atomic mass is 16.3. The molecule has 0 saturated carbocycles. The first-order valence-corrected chi connectivity index (χ1v) is 10.4. The Kier molecular flexibility index (Phi) is 7.38. The molecule has 0 aliphatic rings. The Morgan fingerprint density at radius 3 is 2.62 bits per heavy atom.